The van der Waals surface area contributed by atoms with Crippen LogP contribution in [-0.2, 0) is 16.1 Å². The first-order valence-electron chi connectivity index (χ1n) is 6.08. The van der Waals surface area contributed by atoms with Crippen LogP contribution >= 0.6 is 0 Å². The zero-order valence-electron chi connectivity index (χ0n) is 10.6. The second-order valence-corrected chi connectivity index (χ2v) is 4.11. The Morgan fingerprint density at radius 1 is 1.32 bits per heavy atom. The lowest BCUT2D eigenvalue weighted by molar-refractivity contribution is -0.138. The van der Waals surface area contributed by atoms with Gasteiger partial charge in [0.15, 0.2) is 0 Å². The van der Waals surface area contributed by atoms with E-state index in [0.717, 1.165) is 11.0 Å². The van der Waals surface area contributed by atoms with E-state index in [1.165, 1.54) is 0 Å². The maximum atomic E-state index is 11.6. The number of anilines is 1. The standard InChI is InChI=1S/C13H15N3O3/c1-2-16-10-6-4-3-5-9(10)14-13(16)15-11(17)7-8-12(18)19/h3-6H,2,7-8H2,1H3,(H,18,19)(H,14,15,17). The van der Waals surface area contributed by atoms with Crippen LogP contribution in [0.1, 0.15) is 19.8 Å². The van der Waals surface area contributed by atoms with Crippen molar-refractivity contribution in [3.8, 4) is 0 Å². The number of para-hydroxylation sites is 2. The van der Waals surface area contributed by atoms with Crippen molar-refractivity contribution >= 4 is 28.9 Å². The Balaban J connectivity index is 2.20. The minimum atomic E-state index is -0.987. The molecule has 1 aromatic carbocycles. The number of nitrogens with zero attached hydrogens (tertiary/aromatic N) is 2. The van der Waals surface area contributed by atoms with Crippen LogP contribution < -0.4 is 5.32 Å². The van der Waals surface area contributed by atoms with E-state index in [4.69, 9.17) is 5.11 Å². The Kier molecular flexibility index (Phi) is 3.79. The highest BCUT2D eigenvalue weighted by Crippen LogP contribution is 2.19. The molecule has 2 N–H and O–H groups in total. The molecule has 2 aromatic rings. The molecule has 0 aliphatic heterocycles. The molecule has 1 aromatic heterocycles. The van der Waals surface area contributed by atoms with Crippen LogP contribution in [0.3, 0.4) is 0 Å². The highest BCUT2D eigenvalue weighted by molar-refractivity contribution is 5.93. The number of aryl methyl sites for hydroxylation is 1. The first kappa shape index (κ1) is 13.1. The van der Waals surface area contributed by atoms with Crippen molar-refractivity contribution in [3.05, 3.63) is 24.3 Å². The summed E-state index contributed by atoms with van der Waals surface area (Å²) in [5.41, 5.74) is 1.75. The predicted octanol–water partition coefficient (Wildman–Crippen LogP) is 1.86. The van der Waals surface area contributed by atoms with Crippen molar-refractivity contribution in [2.24, 2.45) is 0 Å². The number of hydrogen-bond donors (Lipinski definition) is 2. The Morgan fingerprint density at radius 2 is 2.05 bits per heavy atom. The van der Waals surface area contributed by atoms with Gasteiger partial charge in [0.05, 0.1) is 17.5 Å². The van der Waals surface area contributed by atoms with Gasteiger partial charge in [-0.25, -0.2) is 4.98 Å². The van der Waals surface area contributed by atoms with Gasteiger partial charge < -0.3 is 9.67 Å². The summed E-state index contributed by atoms with van der Waals surface area (Å²) in [6, 6.07) is 7.59. The fourth-order valence-electron chi connectivity index (χ4n) is 1.90. The second-order valence-electron chi connectivity index (χ2n) is 4.11. The number of carbonyl (C=O) groups is 2. The molecule has 1 amide bonds. The van der Waals surface area contributed by atoms with Crippen molar-refractivity contribution in [2.45, 2.75) is 26.3 Å². The number of nitrogens with one attached hydrogen (secondary N) is 1. The lowest BCUT2D eigenvalue weighted by atomic mass is 10.3. The lowest BCUT2D eigenvalue weighted by Gasteiger charge is -2.06. The molecule has 19 heavy (non-hydrogen) atoms. The third kappa shape index (κ3) is 2.90. The fraction of sp³-hybridized carbons (Fsp3) is 0.308. The molecule has 0 radical (unpaired) electrons. The summed E-state index contributed by atoms with van der Waals surface area (Å²) in [5.74, 6) is -0.870. The zero-order valence-corrected chi connectivity index (χ0v) is 10.6. The van der Waals surface area contributed by atoms with Gasteiger partial charge in [0.2, 0.25) is 11.9 Å². The van der Waals surface area contributed by atoms with Gasteiger partial charge in [-0.05, 0) is 19.1 Å². The van der Waals surface area contributed by atoms with Crippen LogP contribution in [0.4, 0.5) is 5.95 Å². The molecular weight excluding hydrogens is 246 g/mol. The number of carboxylic acids is 1. The molecule has 0 aliphatic rings. The molecule has 100 valence electrons. The van der Waals surface area contributed by atoms with E-state index in [2.05, 4.69) is 10.3 Å². The Morgan fingerprint density at radius 3 is 2.74 bits per heavy atom. The predicted molar refractivity (Wildman–Crippen MR) is 70.9 cm³/mol. The summed E-state index contributed by atoms with van der Waals surface area (Å²) in [7, 11) is 0. The molecular formula is C13H15N3O3. The number of benzene rings is 1. The summed E-state index contributed by atoms with van der Waals surface area (Å²) >= 11 is 0. The topological polar surface area (TPSA) is 84.2 Å². The van der Waals surface area contributed by atoms with Gasteiger partial charge in [0.25, 0.3) is 0 Å². The van der Waals surface area contributed by atoms with Crippen molar-refractivity contribution in [3.63, 3.8) is 0 Å². The zero-order chi connectivity index (χ0) is 13.8. The highest BCUT2D eigenvalue weighted by Gasteiger charge is 2.12. The van der Waals surface area contributed by atoms with Crippen LogP contribution in [-0.4, -0.2) is 26.5 Å². The summed E-state index contributed by atoms with van der Waals surface area (Å²) in [4.78, 5) is 26.4. The smallest absolute Gasteiger partial charge is 0.303 e. The summed E-state index contributed by atoms with van der Waals surface area (Å²) < 4.78 is 1.88. The average molecular weight is 261 g/mol. The number of amides is 1. The minimum Gasteiger partial charge on any atom is -0.481 e. The first-order chi connectivity index (χ1) is 9.11. The summed E-state index contributed by atoms with van der Waals surface area (Å²) in [5, 5.41) is 11.2. The van der Waals surface area contributed by atoms with E-state index in [0.29, 0.717) is 12.5 Å². The van der Waals surface area contributed by atoms with E-state index in [9.17, 15) is 9.59 Å². The van der Waals surface area contributed by atoms with Gasteiger partial charge in [-0.2, -0.15) is 0 Å². The number of aromatic nitrogens is 2. The molecule has 6 nitrogen and oxygen atoms in total. The summed E-state index contributed by atoms with van der Waals surface area (Å²) in [6.07, 6.45) is -0.236. The van der Waals surface area contributed by atoms with Crippen LogP contribution in [0.15, 0.2) is 24.3 Å². The number of carboxylic acid groups (broad SMARTS) is 1. The molecule has 1 heterocycles. The maximum absolute atomic E-state index is 11.6. The molecule has 0 spiro atoms. The van der Waals surface area contributed by atoms with Gasteiger partial charge in [0.1, 0.15) is 0 Å². The van der Waals surface area contributed by atoms with Gasteiger partial charge >= 0.3 is 5.97 Å². The molecule has 0 bridgehead atoms. The van der Waals surface area contributed by atoms with Gasteiger partial charge in [-0.1, -0.05) is 12.1 Å². The molecule has 2 rings (SSSR count). The van der Waals surface area contributed by atoms with Crippen molar-refractivity contribution in [1.82, 2.24) is 9.55 Å². The van der Waals surface area contributed by atoms with Crippen LogP contribution in [0.2, 0.25) is 0 Å². The normalized spacial score (nSPS) is 10.6. The number of rotatable bonds is 5. The van der Waals surface area contributed by atoms with Gasteiger partial charge in [0, 0.05) is 13.0 Å². The quantitative estimate of drug-likeness (QED) is 0.860. The monoisotopic (exact) mass is 261 g/mol. The number of fused-ring (bicyclic) bond motifs is 1. The Bertz CT molecular complexity index is 619. The number of imidazole rings is 1. The molecule has 0 fully saturated rings. The fourth-order valence-corrected chi connectivity index (χ4v) is 1.90. The van der Waals surface area contributed by atoms with Crippen LogP contribution in [0.5, 0.6) is 0 Å². The lowest BCUT2D eigenvalue weighted by Crippen LogP contribution is -2.16. The molecule has 6 heteroatoms. The highest BCUT2D eigenvalue weighted by atomic mass is 16.4. The van der Waals surface area contributed by atoms with E-state index < -0.39 is 5.97 Å². The number of carbonyl (C=O) groups excluding carboxylic acids is 1. The average Bonchev–Trinajstić information content (AvgIpc) is 2.73. The first-order valence-corrected chi connectivity index (χ1v) is 6.08. The Labute approximate surface area is 110 Å². The van der Waals surface area contributed by atoms with Crippen molar-refractivity contribution < 1.29 is 14.7 Å². The van der Waals surface area contributed by atoms with Crippen molar-refractivity contribution in [2.75, 3.05) is 5.32 Å². The SMILES string of the molecule is CCn1c(NC(=O)CCC(=O)O)nc2ccccc21. The maximum Gasteiger partial charge on any atom is 0.303 e. The molecule has 0 saturated carbocycles. The van der Waals surface area contributed by atoms with Crippen LogP contribution in [0.25, 0.3) is 11.0 Å². The van der Waals surface area contributed by atoms with Crippen molar-refractivity contribution in [1.29, 1.82) is 0 Å². The molecule has 0 unspecified atom stereocenters. The third-order valence-corrected chi connectivity index (χ3v) is 2.79. The molecule has 0 aliphatic carbocycles. The second kappa shape index (κ2) is 5.51. The van der Waals surface area contributed by atoms with E-state index >= 15 is 0 Å². The molecule has 0 atom stereocenters. The Hall–Kier alpha value is -2.37. The largest absolute Gasteiger partial charge is 0.481 e. The minimum absolute atomic E-state index is 0.0533. The number of aliphatic carboxylic acids is 1. The molecule has 0 saturated heterocycles. The van der Waals surface area contributed by atoms with Crippen LogP contribution in [0, 0.1) is 0 Å². The van der Waals surface area contributed by atoms with E-state index in [-0.39, 0.29) is 18.7 Å². The van der Waals surface area contributed by atoms with E-state index in [1.54, 1.807) is 0 Å². The number of hydrogen-bond acceptors (Lipinski definition) is 3. The van der Waals surface area contributed by atoms with Gasteiger partial charge in [-0.3, -0.25) is 14.9 Å². The van der Waals surface area contributed by atoms with E-state index in [1.807, 2.05) is 35.8 Å². The summed E-state index contributed by atoms with van der Waals surface area (Å²) in [6.45, 7) is 2.64. The third-order valence-electron chi connectivity index (χ3n) is 2.79. The van der Waals surface area contributed by atoms with Gasteiger partial charge in [-0.15, -0.1) is 0 Å².